The van der Waals surface area contributed by atoms with E-state index in [0.29, 0.717) is 31.2 Å². The van der Waals surface area contributed by atoms with Gasteiger partial charge in [0.2, 0.25) is 0 Å². The van der Waals surface area contributed by atoms with Gasteiger partial charge in [-0.3, -0.25) is 9.69 Å². The summed E-state index contributed by atoms with van der Waals surface area (Å²) in [5.74, 6) is 0.499. The average Bonchev–Trinajstić information content (AvgIpc) is 2.43. The number of carboxylic acids is 1. The fraction of sp³-hybridized carbons (Fsp3) is 0.500. The maximum atomic E-state index is 10.9. The van der Waals surface area contributed by atoms with E-state index in [1.54, 1.807) is 32.3 Å². The Bertz CT molecular complexity index is 413. The lowest BCUT2D eigenvalue weighted by Crippen LogP contribution is -2.32. The molecule has 0 aliphatic heterocycles. The van der Waals surface area contributed by atoms with Crippen LogP contribution in [0.3, 0.4) is 0 Å². The predicted molar refractivity (Wildman–Crippen MR) is 74.3 cm³/mol. The number of benzene rings is 1. The lowest BCUT2D eigenvalue weighted by Gasteiger charge is -2.20. The number of methoxy groups -OCH3 is 3. The summed E-state index contributed by atoms with van der Waals surface area (Å²) in [6.45, 7) is 1.48. The zero-order chi connectivity index (χ0) is 15.0. The topological polar surface area (TPSA) is 68.2 Å². The zero-order valence-corrected chi connectivity index (χ0v) is 12.1. The van der Waals surface area contributed by atoms with Crippen LogP contribution in [0.5, 0.6) is 11.5 Å². The molecule has 6 nitrogen and oxygen atoms in total. The van der Waals surface area contributed by atoms with Gasteiger partial charge >= 0.3 is 5.97 Å². The quantitative estimate of drug-likeness (QED) is 0.735. The zero-order valence-electron chi connectivity index (χ0n) is 12.1. The number of hydrogen-bond donors (Lipinski definition) is 1. The van der Waals surface area contributed by atoms with Crippen LogP contribution in [-0.2, 0) is 16.1 Å². The van der Waals surface area contributed by atoms with Gasteiger partial charge in [0.25, 0.3) is 0 Å². The van der Waals surface area contributed by atoms with Gasteiger partial charge in [-0.1, -0.05) is 0 Å². The highest BCUT2D eigenvalue weighted by Crippen LogP contribution is 2.23. The number of ether oxygens (including phenoxy) is 3. The highest BCUT2D eigenvalue weighted by molar-refractivity contribution is 5.69. The summed E-state index contributed by atoms with van der Waals surface area (Å²) in [6, 6.07) is 5.51. The monoisotopic (exact) mass is 283 g/mol. The lowest BCUT2D eigenvalue weighted by atomic mass is 10.2. The van der Waals surface area contributed by atoms with E-state index in [1.807, 2.05) is 12.1 Å². The molecule has 0 bridgehead atoms. The van der Waals surface area contributed by atoms with Crippen molar-refractivity contribution in [1.82, 2.24) is 4.90 Å². The van der Waals surface area contributed by atoms with Gasteiger partial charge in [0, 0.05) is 26.3 Å². The molecule has 0 spiro atoms. The molecule has 0 atom stereocenters. The molecule has 0 aliphatic rings. The van der Waals surface area contributed by atoms with Crippen molar-refractivity contribution in [1.29, 1.82) is 0 Å². The maximum absolute atomic E-state index is 10.9. The summed E-state index contributed by atoms with van der Waals surface area (Å²) in [5, 5.41) is 8.93. The molecular formula is C14H21NO5. The molecule has 0 amide bonds. The third-order valence-corrected chi connectivity index (χ3v) is 2.79. The van der Waals surface area contributed by atoms with Gasteiger partial charge in [-0.25, -0.2) is 0 Å². The van der Waals surface area contributed by atoms with Crippen LogP contribution in [0.25, 0.3) is 0 Å². The number of rotatable bonds is 9. The first-order valence-electron chi connectivity index (χ1n) is 6.24. The Kier molecular flexibility index (Phi) is 6.83. The Labute approximate surface area is 118 Å². The Hall–Kier alpha value is -1.79. The predicted octanol–water partition coefficient (Wildman–Crippen LogP) is 1.24. The second-order valence-electron chi connectivity index (χ2n) is 4.32. The Balaban J connectivity index is 2.82. The van der Waals surface area contributed by atoms with E-state index in [9.17, 15) is 4.79 Å². The SMILES string of the molecule is COCCN(CC(=O)O)Cc1cc(OC)cc(OC)c1. The van der Waals surface area contributed by atoms with Crippen LogP contribution < -0.4 is 9.47 Å². The van der Waals surface area contributed by atoms with Crippen molar-refractivity contribution in [2.24, 2.45) is 0 Å². The largest absolute Gasteiger partial charge is 0.497 e. The van der Waals surface area contributed by atoms with Gasteiger partial charge in [0.05, 0.1) is 27.4 Å². The van der Waals surface area contributed by atoms with Gasteiger partial charge in [-0.2, -0.15) is 0 Å². The van der Waals surface area contributed by atoms with Crippen LogP contribution >= 0.6 is 0 Å². The van der Waals surface area contributed by atoms with Crippen molar-refractivity contribution in [2.75, 3.05) is 41.0 Å². The van der Waals surface area contributed by atoms with E-state index >= 15 is 0 Å². The number of nitrogens with zero attached hydrogens (tertiary/aromatic N) is 1. The molecule has 1 aromatic rings. The van der Waals surface area contributed by atoms with Crippen LogP contribution in [0.4, 0.5) is 0 Å². The van der Waals surface area contributed by atoms with Crippen molar-refractivity contribution in [3.05, 3.63) is 23.8 Å². The van der Waals surface area contributed by atoms with Crippen LogP contribution in [-0.4, -0.2) is 57.0 Å². The summed E-state index contributed by atoms with van der Waals surface area (Å²) < 4.78 is 15.4. The fourth-order valence-electron chi connectivity index (χ4n) is 1.84. The van der Waals surface area contributed by atoms with Crippen molar-refractivity contribution in [3.63, 3.8) is 0 Å². The standard InChI is InChI=1S/C14H21NO5/c1-18-5-4-15(10-14(16)17)9-11-6-12(19-2)8-13(7-11)20-3/h6-8H,4-5,9-10H2,1-3H3,(H,16,17). The van der Waals surface area contributed by atoms with E-state index in [-0.39, 0.29) is 6.54 Å². The molecule has 0 heterocycles. The molecule has 1 N–H and O–H groups in total. The first kappa shape index (κ1) is 16.3. The first-order chi connectivity index (χ1) is 9.58. The minimum atomic E-state index is -0.865. The third-order valence-electron chi connectivity index (χ3n) is 2.79. The molecule has 20 heavy (non-hydrogen) atoms. The molecule has 112 valence electrons. The van der Waals surface area contributed by atoms with E-state index in [0.717, 1.165) is 5.56 Å². The van der Waals surface area contributed by atoms with Gasteiger partial charge in [-0.15, -0.1) is 0 Å². The number of hydrogen-bond acceptors (Lipinski definition) is 5. The van der Waals surface area contributed by atoms with Crippen LogP contribution in [0, 0.1) is 0 Å². The van der Waals surface area contributed by atoms with Gasteiger partial charge in [0.15, 0.2) is 0 Å². The normalized spacial score (nSPS) is 10.6. The molecule has 0 radical (unpaired) electrons. The Morgan fingerprint density at radius 1 is 1.15 bits per heavy atom. The lowest BCUT2D eigenvalue weighted by molar-refractivity contribution is -0.138. The summed E-state index contributed by atoms with van der Waals surface area (Å²) >= 11 is 0. The van der Waals surface area contributed by atoms with E-state index < -0.39 is 5.97 Å². The second kappa shape index (κ2) is 8.39. The number of aliphatic carboxylic acids is 1. The third kappa shape index (κ3) is 5.46. The molecule has 6 heteroatoms. The van der Waals surface area contributed by atoms with Gasteiger partial charge in [-0.05, 0) is 17.7 Å². The van der Waals surface area contributed by atoms with E-state index in [1.165, 1.54) is 0 Å². The summed E-state index contributed by atoms with van der Waals surface area (Å²) in [4.78, 5) is 12.7. The molecule has 0 aliphatic carbocycles. The van der Waals surface area contributed by atoms with E-state index in [4.69, 9.17) is 19.3 Å². The van der Waals surface area contributed by atoms with Crippen molar-refractivity contribution < 1.29 is 24.1 Å². The van der Waals surface area contributed by atoms with Crippen LogP contribution in [0.15, 0.2) is 18.2 Å². The van der Waals surface area contributed by atoms with Gasteiger partial charge < -0.3 is 19.3 Å². The number of carbonyl (C=O) groups is 1. The summed E-state index contributed by atoms with van der Waals surface area (Å²) in [6.07, 6.45) is 0. The molecular weight excluding hydrogens is 262 g/mol. The van der Waals surface area contributed by atoms with Gasteiger partial charge in [0.1, 0.15) is 11.5 Å². The number of carboxylic acid groups (broad SMARTS) is 1. The van der Waals surface area contributed by atoms with E-state index in [2.05, 4.69) is 0 Å². The van der Waals surface area contributed by atoms with Crippen LogP contribution in [0.1, 0.15) is 5.56 Å². The molecule has 0 unspecified atom stereocenters. The van der Waals surface area contributed by atoms with Crippen molar-refractivity contribution >= 4 is 5.97 Å². The van der Waals surface area contributed by atoms with Crippen molar-refractivity contribution in [2.45, 2.75) is 6.54 Å². The maximum Gasteiger partial charge on any atom is 0.317 e. The smallest absolute Gasteiger partial charge is 0.317 e. The molecule has 1 rings (SSSR count). The molecule has 0 saturated carbocycles. The highest BCUT2D eigenvalue weighted by atomic mass is 16.5. The molecule has 1 aromatic carbocycles. The minimum absolute atomic E-state index is 0.0388. The highest BCUT2D eigenvalue weighted by Gasteiger charge is 2.11. The first-order valence-corrected chi connectivity index (χ1v) is 6.24. The fourth-order valence-corrected chi connectivity index (χ4v) is 1.84. The molecule has 0 saturated heterocycles. The Morgan fingerprint density at radius 3 is 2.20 bits per heavy atom. The Morgan fingerprint density at radius 2 is 1.75 bits per heavy atom. The summed E-state index contributed by atoms with van der Waals surface area (Å²) in [7, 11) is 4.75. The summed E-state index contributed by atoms with van der Waals surface area (Å²) in [5.41, 5.74) is 0.929. The minimum Gasteiger partial charge on any atom is -0.497 e. The average molecular weight is 283 g/mol. The molecule has 0 fully saturated rings. The van der Waals surface area contributed by atoms with Crippen LogP contribution in [0.2, 0.25) is 0 Å². The van der Waals surface area contributed by atoms with Crippen molar-refractivity contribution in [3.8, 4) is 11.5 Å². The molecule has 0 aromatic heterocycles. The second-order valence-corrected chi connectivity index (χ2v) is 4.32.